The minimum absolute atomic E-state index is 0.488. The molecule has 0 saturated heterocycles. The van der Waals surface area contributed by atoms with Gasteiger partial charge in [0, 0.05) is 12.2 Å². The van der Waals surface area contributed by atoms with E-state index >= 15 is 0 Å². The summed E-state index contributed by atoms with van der Waals surface area (Å²) < 4.78 is 0. The van der Waals surface area contributed by atoms with Gasteiger partial charge in [0.05, 0.1) is 0 Å². The molecule has 0 fully saturated rings. The van der Waals surface area contributed by atoms with E-state index in [1.807, 2.05) is 43.0 Å². The third kappa shape index (κ3) is 2.72. The predicted octanol–water partition coefficient (Wildman–Crippen LogP) is 2.29. The maximum atomic E-state index is 10.9. The van der Waals surface area contributed by atoms with Crippen molar-refractivity contribution in [1.82, 2.24) is 0 Å². The van der Waals surface area contributed by atoms with E-state index in [-0.39, 0.29) is 0 Å². The van der Waals surface area contributed by atoms with Crippen molar-refractivity contribution < 1.29 is 9.90 Å². The largest absolute Gasteiger partial charge is 0.480 e. The van der Waals surface area contributed by atoms with Crippen molar-refractivity contribution in [2.45, 2.75) is 26.8 Å². The van der Waals surface area contributed by atoms with Gasteiger partial charge in [0.1, 0.15) is 6.04 Å². The molecule has 1 aromatic carbocycles. The Morgan fingerprint density at radius 2 is 1.93 bits per heavy atom. The summed E-state index contributed by atoms with van der Waals surface area (Å²) in [6.45, 7) is 6.36. The van der Waals surface area contributed by atoms with Gasteiger partial charge in [-0.15, -0.1) is 0 Å². The average Bonchev–Trinajstić information content (AvgIpc) is 2.21. The number of carboxylic acid groups (broad SMARTS) is 1. The van der Waals surface area contributed by atoms with Crippen LogP contribution < -0.4 is 4.90 Å². The number of nitrogens with zero attached hydrogens (tertiary/aromatic N) is 1. The molecule has 0 aromatic heterocycles. The zero-order chi connectivity index (χ0) is 11.4. The minimum atomic E-state index is -0.794. The molecule has 0 radical (unpaired) electrons. The summed E-state index contributed by atoms with van der Waals surface area (Å²) in [5, 5.41) is 8.96. The van der Waals surface area contributed by atoms with Crippen molar-refractivity contribution in [1.29, 1.82) is 0 Å². The van der Waals surface area contributed by atoms with Crippen molar-refractivity contribution in [3.63, 3.8) is 0 Å². The molecule has 0 aliphatic carbocycles. The van der Waals surface area contributed by atoms with Gasteiger partial charge in [-0.05, 0) is 32.9 Å². The summed E-state index contributed by atoms with van der Waals surface area (Å²) in [5.74, 6) is -0.794. The molecule has 3 nitrogen and oxygen atoms in total. The fraction of sp³-hybridized carbons (Fsp3) is 0.417. The highest BCUT2D eigenvalue weighted by molar-refractivity contribution is 5.77. The fourth-order valence-electron chi connectivity index (χ4n) is 1.55. The van der Waals surface area contributed by atoms with Crippen molar-refractivity contribution >= 4 is 11.7 Å². The van der Waals surface area contributed by atoms with Crippen LogP contribution in [0.25, 0.3) is 0 Å². The molecular weight excluding hydrogens is 190 g/mol. The van der Waals surface area contributed by atoms with E-state index in [2.05, 4.69) is 0 Å². The molecule has 1 atom stereocenters. The van der Waals surface area contributed by atoms with Crippen LogP contribution in [-0.4, -0.2) is 23.7 Å². The van der Waals surface area contributed by atoms with E-state index in [4.69, 9.17) is 5.11 Å². The summed E-state index contributed by atoms with van der Waals surface area (Å²) in [5.41, 5.74) is 2.13. The van der Waals surface area contributed by atoms with Gasteiger partial charge in [0.25, 0.3) is 0 Å². The number of benzene rings is 1. The van der Waals surface area contributed by atoms with Crippen molar-refractivity contribution in [2.24, 2.45) is 0 Å². The van der Waals surface area contributed by atoms with Gasteiger partial charge in [-0.25, -0.2) is 4.79 Å². The third-order valence-electron chi connectivity index (χ3n) is 2.53. The SMILES string of the molecule is CCN(c1ccc(C)cc1)[C@@H](C)C(=O)O. The summed E-state index contributed by atoms with van der Waals surface area (Å²) >= 11 is 0. The quantitative estimate of drug-likeness (QED) is 0.823. The van der Waals surface area contributed by atoms with Gasteiger partial charge in [-0.2, -0.15) is 0 Å². The van der Waals surface area contributed by atoms with Crippen LogP contribution in [0.5, 0.6) is 0 Å². The number of anilines is 1. The maximum absolute atomic E-state index is 10.9. The Morgan fingerprint density at radius 1 is 1.40 bits per heavy atom. The maximum Gasteiger partial charge on any atom is 0.326 e. The van der Waals surface area contributed by atoms with Gasteiger partial charge in [0.2, 0.25) is 0 Å². The number of likely N-dealkylation sites (N-methyl/N-ethyl adjacent to an activating group) is 1. The number of hydrogen-bond donors (Lipinski definition) is 1. The third-order valence-corrected chi connectivity index (χ3v) is 2.53. The van der Waals surface area contributed by atoms with Gasteiger partial charge >= 0.3 is 5.97 Å². The van der Waals surface area contributed by atoms with Gasteiger partial charge in [-0.3, -0.25) is 0 Å². The number of hydrogen-bond acceptors (Lipinski definition) is 2. The Kier molecular flexibility index (Phi) is 3.72. The summed E-state index contributed by atoms with van der Waals surface area (Å²) in [6.07, 6.45) is 0. The zero-order valence-corrected chi connectivity index (χ0v) is 9.40. The lowest BCUT2D eigenvalue weighted by Gasteiger charge is -2.27. The average molecular weight is 207 g/mol. The van der Waals surface area contributed by atoms with Crippen molar-refractivity contribution in [3.8, 4) is 0 Å². The first-order valence-corrected chi connectivity index (χ1v) is 5.12. The minimum Gasteiger partial charge on any atom is -0.480 e. The molecule has 1 aromatic rings. The highest BCUT2D eigenvalue weighted by Crippen LogP contribution is 2.17. The Balaban J connectivity index is 2.92. The predicted molar refractivity (Wildman–Crippen MR) is 61.3 cm³/mol. The monoisotopic (exact) mass is 207 g/mol. The summed E-state index contributed by atoms with van der Waals surface area (Å²) in [6, 6.07) is 7.41. The number of rotatable bonds is 4. The molecule has 1 rings (SSSR count). The topological polar surface area (TPSA) is 40.5 Å². The number of carbonyl (C=O) groups is 1. The fourth-order valence-corrected chi connectivity index (χ4v) is 1.55. The highest BCUT2D eigenvalue weighted by atomic mass is 16.4. The molecule has 0 bridgehead atoms. The van der Waals surface area contributed by atoms with Gasteiger partial charge in [-0.1, -0.05) is 17.7 Å². The van der Waals surface area contributed by atoms with Gasteiger partial charge in [0.15, 0.2) is 0 Å². The Hall–Kier alpha value is -1.51. The van der Waals surface area contributed by atoms with E-state index < -0.39 is 12.0 Å². The molecule has 0 heterocycles. The second-order valence-electron chi connectivity index (χ2n) is 3.64. The summed E-state index contributed by atoms with van der Waals surface area (Å²) in [7, 11) is 0. The van der Waals surface area contributed by atoms with Crippen LogP contribution in [0.1, 0.15) is 19.4 Å². The Bertz CT molecular complexity index is 332. The number of carboxylic acids is 1. The molecule has 15 heavy (non-hydrogen) atoms. The normalized spacial score (nSPS) is 12.2. The molecule has 3 heteroatoms. The summed E-state index contributed by atoms with van der Waals surface area (Å²) in [4.78, 5) is 12.8. The van der Waals surface area contributed by atoms with Crippen LogP contribution >= 0.6 is 0 Å². The smallest absolute Gasteiger partial charge is 0.326 e. The zero-order valence-electron chi connectivity index (χ0n) is 9.40. The van der Waals surface area contributed by atoms with E-state index in [0.29, 0.717) is 6.54 Å². The second-order valence-corrected chi connectivity index (χ2v) is 3.64. The standard InChI is InChI=1S/C12H17NO2/c1-4-13(10(3)12(14)15)11-7-5-9(2)6-8-11/h5-8,10H,4H2,1-3H3,(H,14,15)/t10-/m0/s1. The first-order chi connectivity index (χ1) is 7.06. The first kappa shape index (κ1) is 11.6. The Morgan fingerprint density at radius 3 is 2.33 bits per heavy atom. The lowest BCUT2D eigenvalue weighted by molar-refractivity contribution is -0.138. The van der Waals surface area contributed by atoms with E-state index in [1.54, 1.807) is 6.92 Å². The first-order valence-electron chi connectivity index (χ1n) is 5.12. The van der Waals surface area contributed by atoms with Gasteiger partial charge < -0.3 is 10.0 Å². The number of aryl methyl sites for hydroxylation is 1. The molecule has 1 N–H and O–H groups in total. The molecule has 0 aliphatic heterocycles. The molecule has 82 valence electrons. The lowest BCUT2D eigenvalue weighted by atomic mass is 10.2. The molecule has 0 unspecified atom stereocenters. The molecule has 0 saturated carbocycles. The van der Waals surface area contributed by atoms with E-state index in [9.17, 15) is 4.79 Å². The van der Waals surface area contributed by atoms with E-state index in [0.717, 1.165) is 5.69 Å². The molecule has 0 amide bonds. The van der Waals surface area contributed by atoms with Crippen molar-refractivity contribution in [2.75, 3.05) is 11.4 Å². The Labute approximate surface area is 90.3 Å². The van der Waals surface area contributed by atoms with E-state index in [1.165, 1.54) is 5.56 Å². The molecule has 0 spiro atoms. The van der Waals surface area contributed by atoms with Crippen molar-refractivity contribution in [3.05, 3.63) is 29.8 Å². The lowest BCUT2D eigenvalue weighted by Crippen LogP contribution is -2.38. The van der Waals surface area contributed by atoms with Crippen LogP contribution in [0.4, 0.5) is 5.69 Å². The van der Waals surface area contributed by atoms with Crippen LogP contribution in [0, 0.1) is 6.92 Å². The van der Waals surface area contributed by atoms with Crippen LogP contribution in [-0.2, 0) is 4.79 Å². The molecular formula is C12H17NO2. The second kappa shape index (κ2) is 4.82. The van der Waals surface area contributed by atoms with Crippen LogP contribution in [0.2, 0.25) is 0 Å². The number of aliphatic carboxylic acids is 1. The molecule has 0 aliphatic rings. The van der Waals surface area contributed by atoms with Crippen LogP contribution in [0.15, 0.2) is 24.3 Å². The van der Waals surface area contributed by atoms with Crippen LogP contribution in [0.3, 0.4) is 0 Å². The highest BCUT2D eigenvalue weighted by Gasteiger charge is 2.18.